The highest BCUT2D eigenvalue weighted by Crippen LogP contribution is 2.36. The normalized spacial score (nSPS) is 11.3. The zero-order valence-corrected chi connectivity index (χ0v) is 37.1. The molecule has 310 valence electrons. The van der Waals surface area contributed by atoms with E-state index in [2.05, 4.69) is 172 Å². The van der Waals surface area contributed by atoms with Gasteiger partial charge in [-0.05, 0) is 123 Å². The first-order valence-electron chi connectivity index (χ1n) is 23.3. The molecule has 0 saturated heterocycles. The fourth-order valence-corrected chi connectivity index (χ4v) is 9.16. The van der Waals surface area contributed by atoms with Crippen LogP contribution in [0.5, 0.6) is 0 Å². The van der Waals surface area contributed by atoms with E-state index in [0.29, 0.717) is 0 Å². The minimum atomic E-state index is 0.829. The second-order valence-corrected chi connectivity index (χ2v) is 17.2. The summed E-state index contributed by atoms with van der Waals surface area (Å²) >= 11 is 0. The number of hydrogen-bond acceptors (Lipinski definition) is 1. The Balaban J connectivity index is 1.20. The first-order valence-corrected chi connectivity index (χ1v) is 23.3. The predicted octanol–water partition coefficient (Wildman–Crippen LogP) is 17.1. The van der Waals surface area contributed by atoms with E-state index in [9.17, 15) is 0 Å². The number of unbranched alkanes of at least 4 members (excludes halogenated alkanes) is 10. The van der Waals surface area contributed by atoms with Crippen molar-refractivity contribution < 1.29 is 4.42 Å². The van der Waals surface area contributed by atoms with Crippen LogP contribution < -0.4 is 0 Å². The molecule has 0 N–H and O–H groups in total. The van der Waals surface area contributed by atoms with Crippen molar-refractivity contribution in [1.29, 1.82) is 0 Å². The summed E-state index contributed by atoms with van der Waals surface area (Å²) in [6.07, 6.45) is 23.7. The fraction of sp³-hybridized carbons (Fsp3) is 0.279. The molecule has 0 fully saturated rings. The summed E-state index contributed by atoms with van der Waals surface area (Å²) in [4.78, 5) is 0. The average Bonchev–Trinajstić information content (AvgIpc) is 3.62. The molecule has 0 spiro atoms. The van der Waals surface area contributed by atoms with E-state index >= 15 is 0 Å². The second-order valence-electron chi connectivity index (χ2n) is 17.2. The van der Waals surface area contributed by atoms with Crippen molar-refractivity contribution in [3.05, 3.63) is 167 Å². The first kappa shape index (κ1) is 42.4. The molecule has 16 aliphatic rings. The molecule has 6 aromatic carbocycles. The van der Waals surface area contributed by atoms with Crippen molar-refractivity contribution in [3.63, 3.8) is 0 Å². The first-order chi connectivity index (χ1) is 30.5. The van der Waals surface area contributed by atoms with Crippen LogP contribution in [0.15, 0.2) is 138 Å². The Morgan fingerprint density at radius 2 is 0.710 bits per heavy atom. The molecule has 0 radical (unpaired) electrons. The number of hydrogen-bond donors (Lipinski definition) is 0. The van der Waals surface area contributed by atoms with E-state index in [0.717, 1.165) is 69.7 Å². The standard InChI is InChI=1S/C61H60O/c1-5-8-10-12-14-16-18-57-44(4)62-61(58(57)19-17-15-13-11-9-6-2)41-40-56-43-59-45(7-3)42-60(56)55-38-34-53(35-39-55)51-30-26-49(27-31-51)47-22-20-46(21-23-47)48-24-28-50(29-25-48)52-32-36-54(59)37-33-52/h3,20-39,42-43H,5-6,8-19H2,1-2,4H3. The molecule has 0 unspecified atom stereocenters. The van der Waals surface area contributed by atoms with Crippen LogP contribution in [-0.4, -0.2) is 0 Å². The van der Waals surface area contributed by atoms with E-state index < -0.39 is 0 Å². The molecule has 0 atom stereocenters. The van der Waals surface area contributed by atoms with Crippen LogP contribution in [0.1, 0.15) is 125 Å². The van der Waals surface area contributed by atoms with Crippen molar-refractivity contribution in [2.75, 3.05) is 0 Å². The van der Waals surface area contributed by atoms with Gasteiger partial charge in [0.1, 0.15) is 5.76 Å². The maximum absolute atomic E-state index is 6.62. The molecule has 1 nitrogen and oxygen atoms in total. The smallest absolute Gasteiger partial charge is 0.180 e. The van der Waals surface area contributed by atoms with Gasteiger partial charge in [0.2, 0.25) is 0 Å². The second kappa shape index (κ2) is 20.5. The maximum atomic E-state index is 6.62. The third kappa shape index (κ3) is 9.91. The molecular formula is C61H60O. The lowest BCUT2D eigenvalue weighted by molar-refractivity contribution is 0.513. The van der Waals surface area contributed by atoms with Gasteiger partial charge < -0.3 is 4.42 Å². The van der Waals surface area contributed by atoms with Crippen LogP contribution in [0.4, 0.5) is 0 Å². The number of rotatable bonds is 14. The van der Waals surface area contributed by atoms with Gasteiger partial charge in [0.25, 0.3) is 0 Å². The molecule has 1 heterocycles. The van der Waals surface area contributed by atoms with Crippen LogP contribution in [0.3, 0.4) is 0 Å². The zero-order chi connectivity index (χ0) is 42.7. The largest absolute Gasteiger partial charge is 0.452 e. The fourth-order valence-electron chi connectivity index (χ4n) is 9.16. The molecule has 0 amide bonds. The van der Waals surface area contributed by atoms with Crippen molar-refractivity contribution in [2.24, 2.45) is 0 Å². The van der Waals surface area contributed by atoms with Crippen LogP contribution in [-0.2, 0) is 12.8 Å². The van der Waals surface area contributed by atoms with Crippen LogP contribution in [0.25, 0.3) is 66.8 Å². The summed E-state index contributed by atoms with van der Waals surface area (Å²) in [7, 11) is 0. The quantitative estimate of drug-likeness (QED) is 0.0788. The topological polar surface area (TPSA) is 13.1 Å². The molecule has 23 rings (SSSR count). The predicted molar refractivity (Wildman–Crippen MR) is 264 cm³/mol. The van der Waals surface area contributed by atoms with Gasteiger partial charge in [0.15, 0.2) is 5.76 Å². The van der Waals surface area contributed by atoms with E-state index in [1.54, 1.807) is 0 Å². The maximum Gasteiger partial charge on any atom is 0.180 e. The Kier molecular flexibility index (Phi) is 14.0. The molecule has 7 aromatic rings. The molecule has 1 aromatic heterocycles. The van der Waals surface area contributed by atoms with Crippen LogP contribution in [0.2, 0.25) is 0 Å². The van der Waals surface area contributed by atoms with E-state index in [1.165, 1.54) is 121 Å². The Hall–Kier alpha value is -6.28. The lowest BCUT2D eigenvalue weighted by atomic mass is 9.89. The van der Waals surface area contributed by atoms with Crippen molar-refractivity contribution in [3.8, 4) is 90.9 Å². The molecule has 0 saturated carbocycles. The minimum Gasteiger partial charge on any atom is -0.452 e. The number of terminal acetylenes is 1. The highest BCUT2D eigenvalue weighted by atomic mass is 16.3. The Bertz CT molecular complexity index is 2670. The highest BCUT2D eigenvalue weighted by Gasteiger charge is 2.18. The summed E-state index contributed by atoms with van der Waals surface area (Å²) in [6.45, 7) is 6.71. The highest BCUT2D eigenvalue weighted by molar-refractivity contribution is 5.84. The molecule has 16 aliphatic carbocycles. The SMILES string of the molecule is C#Cc1cc2c(C#Cc3oc(C)c(CCCCCCCC)c3CCCCCCCC)cc1-c1ccc(cc1)-c1ccc(cc1)-c1ccc(cc1)-c1ccc(cc1)-c1ccc-2cc1. The van der Waals surface area contributed by atoms with Gasteiger partial charge >= 0.3 is 0 Å². The monoisotopic (exact) mass is 808 g/mol. The number of benzene rings is 6. The van der Waals surface area contributed by atoms with E-state index in [1.807, 2.05) is 0 Å². The summed E-state index contributed by atoms with van der Waals surface area (Å²) in [5.41, 5.74) is 18.2. The van der Waals surface area contributed by atoms with Gasteiger partial charge in [0.05, 0.1) is 0 Å². The van der Waals surface area contributed by atoms with Crippen molar-refractivity contribution in [1.82, 2.24) is 0 Å². The van der Waals surface area contributed by atoms with Gasteiger partial charge in [-0.1, -0.05) is 211 Å². The summed E-state index contributed by atoms with van der Waals surface area (Å²) in [6, 6.07) is 48.6. The summed E-state index contributed by atoms with van der Waals surface area (Å²) in [5, 5.41) is 0. The van der Waals surface area contributed by atoms with E-state index in [4.69, 9.17) is 10.8 Å². The summed E-state index contributed by atoms with van der Waals surface area (Å²) < 4.78 is 6.62. The van der Waals surface area contributed by atoms with Gasteiger partial charge in [-0.3, -0.25) is 0 Å². The third-order valence-corrected chi connectivity index (χ3v) is 12.9. The Morgan fingerprint density at radius 3 is 1.10 bits per heavy atom. The molecule has 1 heteroatoms. The third-order valence-electron chi connectivity index (χ3n) is 12.9. The Morgan fingerprint density at radius 1 is 0.387 bits per heavy atom. The van der Waals surface area contributed by atoms with Gasteiger partial charge in [-0.2, -0.15) is 0 Å². The van der Waals surface area contributed by atoms with Crippen LogP contribution in [0, 0.1) is 31.1 Å². The zero-order valence-electron chi connectivity index (χ0n) is 37.1. The molecule has 62 heavy (non-hydrogen) atoms. The van der Waals surface area contributed by atoms with Crippen molar-refractivity contribution >= 4 is 0 Å². The average molecular weight is 809 g/mol. The molecule has 0 aliphatic heterocycles. The van der Waals surface area contributed by atoms with Gasteiger partial charge in [0, 0.05) is 16.7 Å². The lowest BCUT2D eigenvalue weighted by Crippen LogP contribution is -1.96. The Labute approximate surface area is 371 Å². The van der Waals surface area contributed by atoms with Crippen LogP contribution >= 0.6 is 0 Å². The lowest BCUT2D eigenvalue weighted by Gasteiger charge is -2.14. The molecule has 12 bridgehead atoms. The van der Waals surface area contributed by atoms with Crippen molar-refractivity contribution in [2.45, 2.75) is 111 Å². The number of furan rings is 1. The minimum absolute atomic E-state index is 0.829. The summed E-state index contributed by atoms with van der Waals surface area (Å²) in [5.74, 6) is 12.2. The van der Waals surface area contributed by atoms with Gasteiger partial charge in [-0.25, -0.2) is 0 Å². The molecular weight excluding hydrogens is 749 g/mol. The van der Waals surface area contributed by atoms with Gasteiger partial charge in [-0.15, -0.1) is 6.42 Å². The number of aryl methyl sites for hydroxylation is 1. The van der Waals surface area contributed by atoms with E-state index in [-0.39, 0.29) is 0 Å².